The summed E-state index contributed by atoms with van der Waals surface area (Å²) >= 11 is 6.07. The number of hydrogen-bond donors (Lipinski definition) is 2. The lowest BCUT2D eigenvalue weighted by Crippen LogP contribution is -2.17. The molecule has 3 aromatic rings. The van der Waals surface area contributed by atoms with Gasteiger partial charge < -0.3 is 5.32 Å². The summed E-state index contributed by atoms with van der Waals surface area (Å²) in [6.45, 7) is 3.56. The van der Waals surface area contributed by atoms with Gasteiger partial charge in [-0.2, -0.15) is 0 Å². The van der Waals surface area contributed by atoms with Crippen molar-refractivity contribution in [2.24, 2.45) is 0 Å². The molecule has 0 unspecified atom stereocenters. The summed E-state index contributed by atoms with van der Waals surface area (Å²) in [4.78, 5) is 12.6. The van der Waals surface area contributed by atoms with Crippen LogP contribution in [0.25, 0.3) is 0 Å². The second kappa shape index (κ2) is 8.04. The first-order chi connectivity index (χ1) is 13.3. The Kier molecular flexibility index (Phi) is 5.72. The molecule has 0 aliphatic rings. The molecular weight excluding hydrogens is 396 g/mol. The SMILES string of the molecule is Cc1cccc(NS(=O)(=O)c2cc(C(=O)Nc3ccccc3Cl)ccc2C)c1. The summed E-state index contributed by atoms with van der Waals surface area (Å²) in [6, 6.07) is 18.4. The van der Waals surface area contributed by atoms with Crippen LogP contribution in [0.4, 0.5) is 11.4 Å². The first kappa shape index (κ1) is 19.9. The van der Waals surface area contributed by atoms with Crippen molar-refractivity contribution in [3.63, 3.8) is 0 Å². The van der Waals surface area contributed by atoms with Gasteiger partial charge in [-0.1, -0.05) is 41.9 Å². The molecule has 0 radical (unpaired) electrons. The minimum absolute atomic E-state index is 0.0424. The van der Waals surface area contributed by atoms with Gasteiger partial charge >= 0.3 is 0 Å². The van der Waals surface area contributed by atoms with E-state index in [2.05, 4.69) is 10.0 Å². The zero-order valence-electron chi connectivity index (χ0n) is 15.4. The molecule has 28 heavy (non-hydrogen) atoms. The third kappa shape index (κ3) is 4.52. The minimum atomic E-state index is -3.85. The molecule has 0 heterocycles. The topological polar surface area (TPSA) is 75.3 Å². The molecule has 5 nitrogen and oxygen atoms in total. The van der Waals surface area contributed by atoms with Gasteiger partial charge in [0, 0.05) is 11.3 Å². The van der Waals surface area contributed by atoms with Gasteiger partial charge in [-0.05, 0) is 61.4 Å². The Morgan fingerprint density at radius 2 is 1.68 bits per heavy atom. The monoisotopic (exact) mass is 414 g/mol. The van der Waals surface area contributed by atoms with Crippen LogP contribution in [-0.2, 0) is 10.0 Å². The number of carbonyl (C=O) groups is 1. The standard InChI is InChI=1S/C21H19ClN2O3S/c1-14-6-5-7-17(12-14)24-28(26,27)20-13-16(11-10-15(20)2)21(25)23-19-9-4-3-8-18(19)22/h3-13,24H,1-2H3,(H,23,25). The van der Waals surface area contributed by atoms with Gasteiger partial charge in [0.2, 0.25) is 0 Å². The van der Waals surface area contributed by atoms with E-state index >= 15 is 0 Å². The summed E-state index contributed by atoms with van der Waals surface area (Å²) in [5, 5.41) is 3.10. The van der Waals surface area contributed by atoms with Crippen LogP contribution < -0.4 is 10.0 Å². The zero-order valence-corrected chi connectivity index (χ0v) is 16.9. The van der Waals surface area contributed by atoms with E-state index in [-0.39, 0.29) is 10.5 Å². The molecule has 144 valence electrons. The number of amides is 1. The molecule has 0 saturated heterocycles. The Morgan fingerprint density at radius 1 is 0.929 bits per heavy atom. The Balaban J connectivity index is 1.90. The van der Waals surface area contributed by atoms with E-state index in [1.165, 1.54) is 6.07 Å². The molecule has 0 atom stereocenters. The van der Waals surface area contributed by atoms with Gasteiger partial charge in [0.15, 0.2) is 0 Å². The number of sulfonamides is 1. The van der Waals surface area contributed by atoms with E-state index in [9.17, 15) is 13.2 Å². The van der Waals surface area contributed by atoms with Crippen LogP contribution in [0.2, 0.25) is 5.02 Å². The van der Waals surface area contributed by atoms with Gasteiger partial charge in [-0.25, -0.2) is 8.42 Å². The maximum atomic E-state index is 12.9. The number of benzene rings is 3. The molecule has 0 aliphatic heterocycles. The molecule has 0 aromatic heterocycles. The zero-order chi connectivity index (χ0) is 20.3. The lowest BCUT2D eigenvalue weighted by molar-refractivity contribution is 0.102. The highest BCUT2D eigenvalue weighted by molar-refractivity contribution is 7.92. The fourth-order valence-electron chi connectivity index (χ4n) is 2.71. The second-order valence-electron chi connectivity index (χ2n) is 6.39. The van der Waals surface area contributed by atoms with E-state index in [4.69, 9.17) is 11.6 Å². The van der Waals surface area contributed by atoms with Crippen molar-refractivity contribution < 1.29 is 13.2 Å². The van der Waals surface area contributed by atoms with Crippen molar-refractivity contribution in [1.29, 1.82) is 0 Å². The van der Waals surface area contributed by atoms with Crippen molar-refractivity contribution in [2.75, 3.05) is 10.0 Å². The molecule has 3 rings (SSSR count). The molecule has 0 saturated carbocycles. The molecular formula is C21H19ClN2O3S. The second-order valence-corrected chi connectivity index (χ2v) is 8.45. The molecule has 2 N–H and O–H groups in total. The molecule has 0 aliphatic carbocycles. The first-order valence-electron chi connectivity index (χ1n) is 8.52. The Labute approximate surface area is 169 Å². The average Bonchev–Trinajstić information content (AvgIpc) is 2.63. The number of anilines is 2. The fourth-order valence-corrected chi connectivity index (χ4v) is 4.21. The number of nitrogens with one attached hydrogen (secondary N) is 2. The molecule has 3 aromatic carbocycles. The van der Waals surface area contributed by atoms with Crippen molar-refractivity contribution in [1.82, 2.24) is 0 Å². The quantitative estimate of drug-likeness (QED) is 0.616. The molecule has 0 bridgehead atoms. The molecule has 0 spiro atoms. The third-order valence-electron chi connectivity index (χ3n) is 4.13. The van der Waals surface area contributed by atoms with Gasteiger partial charge in [0.25, 0.3) is 15.9 Å². The maximum Gasteiger partial charge on any atom is 0.262 e. The first-order valence-corrected chi connectivity index (χ1v) is 10.4. The normalized spacial score (nSPS) is 11.1. The van der Waals surface area contributed by atoms with Crippen LogP contribution in [0.15, 0.2) is 71.6 Å². The van der Waals surface area contributed by atoms with Crippen molar-refractivity contribution in [2.45, 2.75) is 18.7 Å². The number of hydrogen-bond acceptors (Lipinski definition) is 3. The minimum Gasteiger partial charge on any atom is -0.321 e. The third-order valence-corrected chi connectivity index (χ3v) is 5.99. The van der Waals surface area contributed by atoms with Crippen LogP contribution in [-0.4, -0.2) is 14.3 Å². The Bertz CT molecular complexity index is 1140. The predicted octanol–water partition coefficient (Wildman–Crippen LogP) is 5.01. The summed E-state index contributed by atoms with van der Waals surface area (Å²) in [7, 11) is -3.85. The van der Waals surface area contributed by atoms with E-state index < -0.39 is 15.9 Å². The number of para-hydroxylation sites is 1. The lowest BCUT2D eigenvalue weighted by Gasteiger charge is -2.13. The largest absolute Gasteiger partial charge is 0.321 e. The molecule has 0 fully saturated rings. The summed E-state index contributed by atoms with van der Waals surface area (Å²) < 4.78 is 28.3. The van der Waals surface area contributed by atoms with Crippen LogP contribution in [0.5, 0.6) is 0 Å². The Morgan fingerprint density at radius 3 is 2.39 bits per heavy atom. The number of aryl methyl sites for hydroxylation is 2. The Hall–Kier alpha value is -2.83. The van der Waals surface area contributed by atoms with Gasteiger partial charge in [-0.3, -0.25) is 9.52 Å². The van der Waals surface area contributed by atoms with Crippen LogP contribution in [0.1, 0.15) is 21.5 Å². The summed E-state index contributed by atoms with van der Waals surface area (Å²) in [6.07, 6.45) is 0. The number of halogens is 1. The molecule has 1 amide bonds. The highest BCUT2D eigenvalue weighted by Crippen LogP contribution is 2.24. The van der Waals surface area contributed by atoms with E-state index in [1.54, 1.807) is 61.5 Å². The van der Waals surface area contributed by atoms with E-state index in [0.717, 1.165) is 5.56 Å². The van der Waals surface area contributed by atoms with Gasteiger partial charge in [-0.15, -0.1) is 0 Å². The lowest BCUT2D eigenvalue weighted by atomic mass is 10.1. The van der Waals surface area contributed by atoms with Crippen LogP contribution in [0, 0.1) is 13.8 Å². The summed E-state index contributed by atoms with van der Waals surface area (Å²) in [5.74, 6) is -0.444. The van der Waals surface area contributed by atoms with E-state index in [0.29, 0.717) is 22.0 Å². The van der Waals surface area contributed by atoms with Crippen LogP contribution >= 0.6 is 11.6 Å². The van der Waals surface area contributed by atoms with Gasteiger partial charge in [0.1, 0.15) is 0 Å². The predicted molar refractivity (Wildman–Crippen MR) is 113 cm³/mol. The van der Waals surface area contributed by atoms with Crippen LogP contribution in [0.3, 0.4) is 0 Å². The summed E-state index contributed by atoms with van der Waals surface area (Å²) in [5.41, 5.74) is 2.61. The van der Waals surface area contributed by atoms with E-state index in [1.807, 2.05) is 13.0 Å². The van der Waals surface area contributed by atoms with Crippen molar-refractivity contribution in [3.05, 3.63) is 88.4 Å². The number of carbonyl (C=O) groups excluding carboxylic acids is 1. The average molecular weight is 415 g/mol. The van der Waals surface area contributed by atoms with Crippen molar-refractivity contribution in [3.8, 4) is 0 Å². The fraction of sp³-hybridized carbons (Fsp3) is 0.0952. The maximum absolute atomic E-state index is 12.9. The molecule has 7 heteroatoms. The highest BCUT2D eigenvalue weighted by Gasteiger charge is 2.20. The number of rotatable bonds is 5. The smallest absolute Gasteiger partial charge is 0.262 e. The van der Waals surface area contributed by atoms with Crippen molar-refractivity contribution >= 4 is 38.9 Å². The van der Waals surface area contributed by atoms with Gasteiger partial charge in [0.05, 0.1) is 15.6 Å². The highest BCUT2D eigenvalue weighted by atomic mass is 35.5.